The summed E-state index contributed by atoms with van der Waals surface area (Å²) in [6, 6.07) is 11.8. The van der Waals surface area contributed by atoms with Gasteiger partial charge in [-0.3, -0.25) is 38.4 Å². The van der Waals surface area contributed by atoms with Gasteiger partial charge >= 0.3 is 12.2 Å². The Bertz CT molecular complexity index is 2040. The second kappa shape index (κ2) is 25.6. The molecule has 4 rings (SSSR count). The van der Waals surface area contributed by atoms with E-state index in [-0.39, 0.29) is 36.1 Å². The van der Waals surface area contributed by atoms with Gasteiger partial charge in [-0.25, -0.2) is 9.59 Å². The smallest absolute Gasteiger partial charge is 0.408 e. The molecule has 0 spiro atoms. The number of likely N-dealkylation sites (N-methyl/N-ethyl adjacent to an activating group) is 4. The first-order valence-electron chi connectivity index (χ1n) is 19.9. The SMILES string of the molecule is C=C1C(=O)SC[C@@H](NC(=O)OCc2ccccc2)C(=O)NCC(=O)N(C)[C@H]2CSSC[C@@H](C(=O)N1C)N(C)C(=O)CNC(=O)[C@H](NC(=O)OCc1ccccc1)CSC(=O)C(=C)N(C)C2=O. The minimum Gasteiger partial charge on any atom is -0.445 e. The Balaban J connectivity index is 1.65. The van der Waals surface area contributed by atoms with Crippen molar-refractivity contribution in [1.29, 1.82) is 0 Å². The number of hydrogen-bond donors (Lipinski definition) is 4. The van der Waals surface area contributed by atoms with E-state index in [9.17, 15) is 47.9 Å². The fraction of sp³-hybridized carbons (Fsp3) is 0.381. The Morgan fingerprint density at radius 1 is 0.591 bits per heavy atom. The fourth-order valence-corrected chi connectivity index (χ4v) is 9.99. The quantitative estimate of drug-likeness (QED) is 0.236. The van der Waals surface area contributed by atoms with Gasteiger partial charge in [-0.15, -0.1) is 0 Å². The molecule has 2 aliphatic heterocycles. The molecular weight excluding hydrogens is 937 g/mol. The summed E-state index contributed by atoms with van der Waals surface area (Å²) in [5, 5.41) is 8.13. The topological polar surface area (TPSA) is 250 Å². The molecule has 0 aromatic heterocycles. The predicted molar refractivity (Wildman–Crippen MR) is 250 cm³/mol. The Hall–Kier alpha value is -5.98. The van der Waals surface area contributed by atoms with Crippen molar-refractivity contribution in [3.8, 4) is 0 Å². The van der Waals surface area contributed by atoms with Gasteiger partial charge in [-0.05, 0) is 11.1 Å². The second-order valence-electron chi connectivity index (χ2n) is 14.4. The highest BCUT2D eigenvalue weighted by molar-refractivity contribution is 8.76. The number of ether oxygens (including phenoxy) is 2. The van der Waals surface area contributed by atoms with E-state index >= 15 is 0 Å². The van der Waals surface area contributed by atoms with Crippen molar-refractivity contribution in [1.82, 2.24) is 40.9 Å². The van der Waals surface area contributed by atoms with Gasteiger partial charge in [0.15, 0.2) is 0 Å². The summed E-state index contributed by atoms with van der Waals surface area (Å²) >= 11 is 1.07. The lowest BCUT2D eigenvalue weighted by Gasteiger charge is -2.33. The van der Waals surface area contributed by atoms with E-state index in [1.165, 1.54) is 28.2 Å². The number of benzene rings is 2. The van der Waals surface area contributed by atoms with Gasteiger partial charge in [0, 0.05) is 51.2 Å². The maximum Gasteiger partial charge on any atom is 0.408 e. The number of hydrogen-bond acceptors (Lipinski definition) is 16. The van der Waals surface area contributed by atoms with Crippen molar-refractivity contribution in [2.24, 2.45) is 0 Å². The zero-order chi connectivity index (χ0) is 48.5. The van der Waals surface area contributed by atoms with Gasteiger partial charge in [-0.2, -0.15) is 0 Å². The van der Waals surface area contributed by atoms with E-state index in [2.05, 4.69) is 34.4 Å². The molecule has 0 saturated carbocycles. The number of carbonyl (C=O) groups is 10. The second-order valence-corrected chi connectivity index (χ2v) is 19.0. The van der Waals surface area contributed by atoms with E-state index in [1.807, 2.05) is 0 Å². The number of amides is 8. The van der Waals surface area contributed by atoms with Crippen molar-refractivity contribution >= 4 is 103 Å². The molecule has 24 heteroatoms. The minimum absolute atomic E-state index is 0.139. The zero-order valence-corrected chi connectivity index (χ0v) is 39.7. The van der Waals surface area contributed by atoms with Crippen LogP contribution >= 0.6 is 45.1 Å². The highest BCUT2D eigenvalue weighted by atomic mass is 33.1. The predicted octanol–water partition coefficient (Wildman–Crippen LogP) is 1.34. The fourth-order valence-electron chi connectivity index (χ4n) is 5.74. The molecule has 66 heavy (non-hydrogen) atoms. The molecule has 2 aromatic rings. The van der Waals surface area contributed by atoms with Crippen molar-refractivity contribution in [2.45, 2.75) is 37.4 Å². The molecule has 2 fully saturated rings. The van der Waals surface area contributed by atoms with Crippen LogP contribution in [0.4, 0.5) is 9.59 Å². The lowest BCUT2D eigenvalue weighted by atomic mass is 10.2. The Morgan fingerprint density at radius 2 is 0.939 bits per heavy atom. The number of nitrogens with one attached hydrogen (secondary N) is 4. The summed E-state index contributed by atoms with van der Waals surface area (Å²) in [5.41, 5.74) is 0.629. The Morgan fingerprint density at radius 3 is 1.29 bits per heavy atom. The number of rotatable bonds is 6. The van der Waals surface area contributed by atoms with Crippen molar-refractivity contribution in [3.63, 3.8) is 0 Å². The van der Waals surface area contributed by atoms with Crippen LogP contribution in [0.15, 0.2) is 85.2 Å². The van der Waals surface area contributed by atoms with Gasteiger partial charge in [0.25, 0.3) is 11.8 Å². The summed E-state index contributed by atoms with van der Waals surface area (Å²) in [5.74, 6) is -5.97. The summed E-state index contributed by atoms with van der Waals surface area (Å²) < 4.78 is 10.5. The maximum atomic E-state index is 14.2. The Kier molecular flexibility index (Phi) is 20.5. The summed E-state index contributed by atoms with van der Waals surface area (Å²) in [4.78, 5) is 140. The number of nitrogens with zero attached hydrogens (tertiary/aromatic N) is 4. The van der Waals surface area contributed by atoms with E-state index in [1.54, 1.807) is 60.7 Å². The standard InChI is InChI=1S/C42H50N8O12S4/c1-25-39(57)63-21-29(45-41(59)61-19-27-13-9-7-10-14-27)35(53)43-18-34(52)50(6)32-24-66-65-23-31(37(55)47(25)3)49(5)33(51)17-44-36(54)30(22-64-40(58)26(2)48(4)38(32)56)46-42(60)62-20-28-15-11-8-12-16-28/h7-16,29-32H,1-2,17-24H2,3-6H3,(H,43,53)(H,44,54)(H,45,59)(H,46,60)/t29-,30-,31+,32+/m1/s1. The number of fused-ring (bicyclic) bond motifs is 5. The minimum atomic E-state index is -1.46. The molecule has 0 aliphatic carbocycles. The molecule has 4 atom stereocenters. The lowest BCUT2D eigenvalue weighted by Crippen LogP contribution is -2.55. The first kappa shape index (κ1) is 52.6. The van der Waals surface area contributed by atoms with Crippen molar-refractivity contribution in [3.05, 3.63) is 96.3 Å². The van der Waals surface area contributed by atoms with Crippen LogP contribution in [0, 0.1) is 0 Å². The summed E-state index contributed by atoms with van der Waals surface area (Å²) in [6.07, 6.45) is -2.03. The third-order valence-corrected chi connectivity index (χ3v) is 14.4. The van der Waals surface area contributed by atoms with Gasteiger partial charge in [-0.1, -0.05) is 119 Å². The van der Waals surface area contributed by atoms with Crippen molar-refractivity contribution < 1.29 is 57.4 Å². The molecule has 2 saturated heterocycles. The molecule has 0 unspecified atom stereocenters. The molecular formula is C42H50N8O12S4. The molecule has 2 aliphatic rings. The van der Waals surface area contributed by atoms with Crippen LogP contribution in [0.5, 0.6) is 0 Å². The third kappa shape index (κ3) is 15.3. The van der Waals surface area contributed by atoms with Crippen LogP contribution in [-0.4, -0.2) is 166 Å². The molecule has 8 amide bonds. The highest BCUT2D eigenvalue weighted by Gasteiger charge is 2.36. The monoisotopic (exact) mass is 986 g/mol. The zero-order valence-electron chi connectivity index (χ0n) is 36.5. The van der Waals surface area contributed by atoms with Crippen LogP contribution in [0.3, 0.4) is 0 Å². The van der Waals surface area contributed by atoms with E-state index in [0.29, 0.717) is 34.7 Å². The van der Waals surface area contributed by atoms with Gasteiger partial charge in [0.05, 0.1) is 24.5 Å². The van der Waals surface area contributed by atoms with Crippen LogP contribution in [-0.2, 0) is 61.0 Å². The number of thioether (sulfide) groups is 2. The number of alkyl carbamates (subject to hydrolysis) is 2. The highest BCUT2D eigenvalue weighted by Crippen LogP contribution is 2.28. The first-order chi connectivity index (χ1) is 31.4. The third-order valence-electron chi connectivity index (χ3n) is 10.0. The van der Waals surface area contributed by atoms with Crippen LogP contribution in [0.1, 0.15) is 11.1 Å². The number of carbonyl (C=O) groups excluding carboxylic acids is 10. The molecule has 2 bridgehead atoms. The van der Waals surface area contributed by atoms with Gasteiger partial charge in [0.2, 0.25) is 33.9 Å². The van der Waals surface area contributed by atoms with E-state index in [4.69, 9.17) is 9.47 Å². The molecule has 354 valence electrons. The molecule has 20 nitrogen and oxygen atoms in total. The van der Waals surface area contributed by atoms with Crippen molar-refractivity contribution in [2.75, 3.05) is 64.3 Å². The molecule has 2 aromatic carbocycles. The van der Waals surface area contributed by atoms with Gasteiger partial charge in [0.1, 0.15) is 37.4 Å². The maximum absolute atomic E-state index is 14.2. The largest absolute Gasteiger partial charge is 0.445 e. The first-order valence-corrected chi connectivity index (χ1v) is 24.4. The molecule has 4 N–H and O–H groups in total. The summed E-state index contributed by atoms with van der Waals surface area (Å²) in [7, 11) is 7.23. The van der Waals surface area contributed by atoms with E-state index in [0.717, 1.165) is 41.2 Å². The van der Waals surface area contributed by atoms with Gasteiger partial charge < -0.3 is 50.3 Å². The Labute approximate surface area is 397 Å². The lowest BCUT2D eigenvalue weighted by molar-refractivity contribution is -0.142. The average Bonchev–Trinajstić information content (AvgIpc) is 3.32. The molecule has 2 heterocycles. The average molecular weight is 987 g/mol. The molecule has 0 radical (unpaired) electrons. The van der Waals surface area contributed by atoms with Crippen LogP contribution in [0.2, 0.25) is 0 Å². The van der Waals surface area contributed by atoms with Crippen LogP contribution in [0.25, 0.3) is 0 Å². The summed E-state index contributed by atoms with van der Waals surface area (Å²) in [6.45, 7) is 5.91. The normalized spacial score (nSPS) is 22.0. The van der Waals surface area contributed by atoms with E-state index < -0.39 is 107 Å². The van der Waals surface area contributed by atoms with Crippen LogP contribution < -0.4 is 21.3 Å².